The Morgan fingerprint density at radius 1 is 1.40 bits per heavy atom. The van der Waals surface area contributed by atoms with Crippen molar-refractivity contribution in [3.05, 3.63) is 0 Å². The lowest BCUT2D eigenvalue weighted by molar-refractivity contribution is 0.176. The lowest BCUT2D eigenvalue weighted by atomic mass is 9.76. The third-order valence-corrected chi connectivity index (χ3v) is 0.955. The van der Waals surface area contributed by atoms with Gasteiger partial charge in [0.25, 0.3) is 7.48 Å². The molecule has 0 aromatic heterocycles. The SMILES string of the molecule is C[B]OC(C)(C)[B]OCC. The van der Waals surface area contributed by atoms with Gasteiger partial charge in [-0.05, 0) is 20.8 Å². The molecule has 0 unspecified atom stereocenters. The first-order chi connectivity index (χ1) is 4.62. The van der Waals surface area contributed by atoms with Crippen molar-refractivity contribution in [2.45, 2.75) is 33.1 Å². The Balaban J connectivity index is 3.42. The zero-order valence-corrected chi connectivity index (χ0v) is 7.18. The van der Waals surface area contributed by atoms with Gasteiger partial charge in [0.1, 0.15) is 0 Å². The molecule has 0 spiro atoms. The van der Waals surface area contributed by atoms with Crippen LogP contribution in [0, 0.1) is 0 Å². The van der Waals surface area contributed by atoms with Gasteiger partial charge in [-0.2, -0.15) is 0 Å². The summed E-state index contributed by atoms with van der Waals surface area (Å²) in [5.74, 6) is 0. The van der Waals surface area contributed by atoms with Gasteiger partial charge in [-0.1, -0.05) is 6.82 Å². The minimum Gasteiger partial charge on any atom is -0.440 e. The average molecular weight is 140 g/mol. The lowest BCUT2D eigenvalue weighted by Gasteiger charge is -2.22. The first-order valence-electron chi connectivity index (χ1n) is 3.54. The monoisotopic (exact) mass is 140 g/mol. The largest absolute Gasteiger partial charge is 0.440 e. The Labute approximate surface area is 64.8 Å². The molecule has 10 heavy (non-hydrogen) atoms. The molecule has 0 aliphatic rings. The van der Waals surface area contributed by atoms with Gasteiger partial charge >= 0.3 is 7.48 Å². The number of hydrogen-bond acceptors (Lipinski definition) is 2. The van der Waals surface area contributed by atoms with Crippen molar-refractivity contribution < 1.29 is 9.31 Å². The highest BCUT2D eigenvalue weighted by atomic mass is 16.5. The maximum atomic E-state index is 5.23. The quantitative estimate of drug-likeness (QED) is 0.531. The maximum Gasteiger partial charge on any atom is 0.325 e. The average Bonchev–Trinajstić information content (AvgIpc) is 1.84. The van der Waals surface area contributed by atoms with E-state index in [4.69, 9.17) is 9.31 Å². The van der Waals surface area contributed by atoms with Crippen LogP contribution >= 0.6 is 0 Å². The van der Waals surface area contributed by atoms with Crippen molar-refractivity contribution in [1.82, 2.24) is 0 Å². The lowest BCUT2D eigenvalue weighted by Crippen LogP contribution is -2.34. The fraction of sp³-hybridized carbons (Fsp3) is 1.00. The summed E-state index contributed by atoms with van der Waals surface area (Å²) in [6.07, 6.45) is 0. The van der Waals surface area contributed by atoms with E-state index in [0.717, 1.165) is 0 Å². The van der Waals surface area contributed by atoms with Crippen molar-refractivity contribution in [3.63, 3.8) is 0 Å². The minimum atomic E-state index is -0.301. The Morgan fingerprint density at radius 2 is 2.00 bits per heavy atom. The summed E-state index contributed by atoms with van der Waals surface area (Å²) in [6.45, 7) is 8.38. The Kier molecular flexibility index (Phi) is 4.83. The van der Waals surface area contributed by atoms with Gasteiger partial charge in [-0.3, -0.25) is 0 Å². The van der Waals surface area contributed by atoms with Crippen LogP contribution in [0.2, 0.25) is 6.82 Å². The summed E-state index contributed by atoms with van der Waals surface area (Å²) in [5.41, 5.74) is -0.301. The minimum absolute atomic E-state index is 0.301. The Bertz CT molecular complexity index is 85.8. The molecule has 0 bridgehead atoms. The van der Waals surface area contributed by atoms with Gasteiger partial charge in [0.2, 0.25) is 0 Å². The standard InChI is InChI=1S/C6H14B2O2/c1-5-9-8-6(2,3)10-7-4/h5H2,1-4H3. The molecule has 4 heteroatoms. The van der Waals surface area contributed by atoms with Gasteiger partial charge in [0, 0.05) is 12.1 Å². The van der Waals surface area contributed by atoms with Crippen molar-refractivity contribution in [2.75, 3.05) is 6.61 Å². The first kappa shape index (κ1) is 10.0. The summed E-state index contributed by atoms with van der Waals surface area (Å²) >= 11 is 0. The van der Waals surface area contributed by atoms with Gasteiger partial charge in [0.05, 0.1) is 0 Å². The molecule has 0 saturated heterocycles. The highest BCUT2D eigenvalue weighted by molar-refractivity contribution is 6.34. The van der Waals surface area contributed by atoms with Crippen molar-refractivity contribution >= 4 is 15.0 Å². The molecule has 0 amide bonds. The van der Waals surface area contributed by atoms with E-state index >= 15 is 0 Å². The zero-order chi connectivity index (χ0) is 8.04. The molecular weight excluding hydrogens is 126 g/mol. The van der Waals surface area contributed by atoms with Crippen LogP contribution in [0.4, 0.5) is 0 Å². The third kappa shape index (κ3) is 4.89. The highest BCUT2D eigenvalue weighted by Gasteiger charge is 2.19. The van der Waals surface area contributed by atoms with Crippen LogP contribution in [-0.4, -0.2) is 27.1 Å². The molecule has 2 radical (unpaired) electrons. The topological polar surface area (TPSA) is 18.5 Å². The van der Waals surface area contributed by atoms with Gasteiger partial charge < -0.3 is 9.31 Å². The summed E-state index contributed by atoms with van der Waals surface area (Å²) in [7, 11) is 3.36. The van der Waals surface area contributed by atoms with Crippen LogP contribution in [0.1, 0.15) is 20.8 Å². The molecule has 0 rings (SSSR count). The molecule has 0 saturated carbocycles. The van der Waals surface area contributed by atoms with E-state index in [-0.39, 0.29) is 5.50 Å². The molecular formula is C6H14B2O2. The molecule has 56 valence electrons. The van der Waals surface area contributed by atoms with Crippen LogP contribution in [0.25, 0.3) is 0 Å². The molecule has 0 aromatic carbocycles. The molecule has 0 fully saturated rings. The molecule has 2 nitrogen and oxygen atoms in total. The van der Waals surface area contributed by atoms with Crippen molar-refractivity contribution in [1.29, 1.82) is 0 Å². The summed E-state index contributed by atoms with van der Waals surface area (Å²) < 4.78 is 10.3. The molecule has 0 N–H and O–H groups in total. The van der Waals surface area contributed by atoms with E-state index in [1.807, 2.05) is 27.6 Å². The molecule has 0 aliphatic heterocycles. The normalized spacial score (nSPS) is 11.2. The van der Waals surface area contributed by atoms with Gasteiger partial charge in [-0.25, -0.2) is 0 Å². The first-order valence-corrected chi connectivity index (χ1v) is 3.54. The van der Waals surface area contributed by atoms with E-state index in [1.165, 1.54) is 0 Å². The fourth-order valence-electron chi connectivity index (χ4n) is 0.616. The van der Waals surface area contributed by atoms with E-state index in [9.17, 15) is 0 Å². The van der Waals surface area contributed by atoms with E-state index in [0.29, 0.717) is 6.61 Å². The van der Waals surface area contributed by atoms with Gasteiger partial charge in [0.15, 0.2) is 0 Å². The van der Waals surface area contributed by atoms with Crippen LogP contribution < -0.4 is 0 Å². The summed E-state index contributed by atoms with van der Waals surface area (Å²) in [5, 5.41) is 0. The molecule has 0 atom stereocenters. The summed E-state index contributed by atoms with van der Waals surface area (Å²) in [4.78, 5) is 0. The zero-order valence-electron chi connectivity index (χ0n) is 7.18. The molecule has 0 heterocycles. The van der Waals surface area contributed by atoms with Crippen molar-refractivity contribution in [3.8, 4) is 0 Å². The predicted octanol–water partition coefficient (Wildman–Crippen LogP) is 1.06. The van der Waals surface area contributed by atoms with Crippen LogP contribution in [0.5, 0.6) is 0 Å². The van der Waals surface area contributed by atoms with Crippen LogP contribution in [-0.2, 0) is 9.31 Å². The van der Waals surface area contributed by atoms with Crippen LogP contribution in [0.3, 0.4) is 0 Å². The van der Waals surface area contributed by atoms with E-state index in [1.54, 1.807) is 15.0 Å². The van der Waals surface area contributed by atoms with Crippen LogP contribution in [0.15, 0.2) is 0 Å². The molecule has 0 aromatic rings. The Morgan fingerprint density at radius 3 is 2.40 bits per heavy atom. The maximum absolute atomic E-state index is 5.23. The van der Waals surface area contributed by atoms with Crippen molar-refractivity contribution in [2.24, 2.45) is 0 Å². The summed E-state index contributed by atoms with van der Waals surface area (Å²) in [6, 6.07) is 0. The smallest absolute Gasteiger partial charge is 0.325 e. The second-order valence-electron chi connectivity index (χ2n) is 2.53. The van der Waals surface area contributed by atoms with E-state index < -0.39 is 0 Å². The third-order valence-electron chi connectivity index (χ3n) is 0.955. The highest BCUT2D eigenvalue weighted by Crippen LogP contribution is 2.05. The fourth-order valence-corrected chi connectivity index (χ4v) is 0.616. The second-order valence-corrected chi connectivity index (χ2v) is 2.53. The van der Waals surface area contributed by atoms with Gasteiger partial charge in [-0.15, -0.1) is 0 Å². The molecule has 0 aliphatic carbocycles. The predicted molar refractivity (Wildman–Crippen MR) is 44.2 cm³/mol. The number of hydrogen-bond donors (Lipinski definition) is 0. The van der Waals surface area contributed by atoms with E-state index in [2.05, 4.69) is 0 Å². The number of rotatable bonds is 5. The Hall–Kier alpha value is 0.0499. The second kappa shape index (κ2) is 4.80.